The van der Waals surface area contributed by atoms with Gasteiger partial charge in [-0.3, -0.25) is 4.79 Å². The number of benzene rings is 1. The summed E-state index contributed by atoms with van der Waals surface area (Å²) in [6, 6.07) is 7.40. The maximum absolute atomic E-state index is 12.6. The Morgan fingerprint density at radius 3 is 2.84 bits per heavy atom. The molecule has 0 radical (unpaired) electrons. The summed E-state index contributed by atoms with van der Waals surface area (Å²) in [7, 11) is -3.08. The van der Waals surface area contributed by atoms with E-state index < -0.39 is 15.8 Å². The number of hydrogen-bond donors (Lipinski definition) is 0. The zero-order valence-corrected chi connectivity index (χ0v) is 19.2. The lowest BCUT2D eigenvalue weighted by Crippen LogP contribution is -2.38. The molecule has 10 heteroatoms. The van der Waals surface area contributed by atoms with Crippen LogP contribution in [0.1, 0.15) is 35.7 Å². The van der Waals surface area contributed by atoms with Crippen LogP contribution in [0.5, 0.6) is 0 Å². The lowest BCUT2D eigenvalue weighted by molar-refractivity contribution is -0.142. The SMILES string of the molecule is Cc1nn(C2CCS(=O)(=O)C2)c(Cl)c1/C=C/C(=O)OCC(=O)N1CCCc2ccccc21. The summed E-state index contributed by atoms with van der Waals surface area (Å²) in [5.41, 5.74) is 3.06. The molecule has 1 fully saturated rings. The number of carbonyl (C=O) groups is 2. The molecule has 0 saturated carbocycles. The van der Waals surface area contributed by atoms with Gasteiger partial charge in [0.25, 0.3) is 5.91 Å². The average molecular weight is 478 g/mol. The van der Waals surface area contributed by atoms with Crippen molar-refractivity contribution in [3.05, 3.63) is 52.3 Å². The van der Waals surface area contributed by atoms with Crippen LogP contribution in [0.4, 0.5) is 5.69 Å². The van der Waals surface area contributed by atoms with Gasteiger partial charge in [0, 0.05) is 23.9 Å². The second-order valence-electron chi connectivity index (χ2n) is 8.01. The first-order valence-electron chi connectivity index (χ1n) is 10.4. The van der Waals surface area contributed by atoms with E-state index in [0.29, 0.717) is 24.2 Å². The van der Waals surface area contributed by atoms with Gasteiger partial charge in [0.2, 0.25) is 0 Å². The van der Waals surface area contributed by atoms with Crippen molar-refractivity contribution in [1.82, 2.24) is 9.78 Å². The number of aromatic nitrogens is 2. The number of amides is 1. The highest BCUT2D eigenvalue weighted by molar-refractivity contribution is 7.91. The van der Waals surface area contributed by atoms with Crippen LogP contribution in [-0.2, 0) is 30.6 Å². The van der Waals surface area contributed by atoms with Gasteiger partial charge in [-0.15, -0.1) is 0 Å². The van der Waals surface area contributed by atoms with Gasteiger partial charge >= 0.3 is 5.97 Å². The molecular weight excluding hydrogens is 454 g/mol. The van der Waals surface area contributed by atoms with Gasteiger partial charge in [-0.05, 0) is 43.9 Å². The molecule has 2 aliphatic rings. The van der Waals surface area contributed by atoms with Gasteiger partial charge in [0.15, 0.2) is 16.4 Å². The molecule has 1 unspecified atom stereocenters. The van der Waals surface area contributed by atoms with E-state index >= 15 is 0 Å². The maximum Gasteiger partial charge on any atom is 0.331 e. The van der Waals surface area contributed by atoms with Crippen molar-refractivity contribution in [2.45, 2.75) is 32.2 Å². The van der Waals surface area contributed by atoms with Gasteiger partial charge in [-0.1, -0.05) is 29.8 Å². The van der Waals surface area contributed by atoms with Crippen LogP contribution >= 0.6 is 11.6 Å². The van der Waals surface area contributed by atoms with Crippen LogP contribution in [0.2, 0.25) is 5.15 Å². The van der Waals surface area contributed by atoms with Crippen LogP contribution in [0, 0.1) is 6.92 Å². The molecule has 2 aliphatic heterocycles. The predicted octanol–water partition coefficient (Wildman–Crippen LogP) is 2.74. The van der Waals surface area contributed by atoms with E-state index in [1.807, 2.05) is 24.3 Å². The van der Waals surface area contributed by atoms with Crippen molar-refractivity contribution in [1.29, 1.82) is 0 Å². The van der Waals surface area contributed by atoms with Gasteiger partial charge in [-0.2, -0.15) is 5.10 Å². The van der Waals surface area contributed by atoms with Crippen LogP contribution in [-0.4, -0.2) is 54.7 Å². The van der Waals surface area contributed by atoms with Crippen molar-refractivity contribution >= 4 is 45.1 Å². The quantitative estimate of drug-likeness (QED) is 0.485. The number of fused-ring (bicyclic) bond motifs is 1. The first-order valence-corrected chi connectivity index (χ1v) is 12.6. The second-order valence-corrected chi connectivity index (χ2v) is 10.6. The molecule has 0 bridgehead atoms. The Bertz CT molecular complexity index is 1190. The molecule has 1 aromatic carbocycles. The molecule has 8 nitrogen and oxygen atoms in total. The minimum absolute atomic E-state index is 0.000770. The molecule has 2 aromatic rings. The van der Waals surface area contributed by atoms with Crippen molar-refractivity contribution in [2.75, 3.05) is 29.6 Å². The Morgan fingerprint density at radius 2 is 2.09 bits per heavy atom. The number of sulfone groups is 1. The standard InChI is InChI=1S/C22H24ClN3O5S/c1-15-18(22(23)26(24-15)17-10-12-32(29,30)14-17)8-9-21(28)31-13-20(27)25-11-4-6-16-5-2-3-7-19(16)25/h2-3,5,7-9,17H,4,6,10-14H2,1H3/b9-8+. The molecule has 0 aliphatic carbocycles. The normalized spacial score (nSPS) is 19.8. The summed E-state index contributed by atoms with van der Waals surface area (Å²) < 4.78 is 30.1. The fourth-order valence-corrected chi connectivity index (χ4v) is 6.20. The maximum atomic E-state index is 12.6. The van der Waals surface area contributed by atoms with Crippen LogP contribution < -0.4 is 4.90 Å². The number of anilines is 1. The number of para-hydroxylation sites is 1. The predicted molar refractivity (Wildman–Crippen MR) is 121 cm³/mol. The number of esters is 1. The number of halogens is 1. The highest BCUT2D eigenvalue weighted by atomic mass is 35.5. The number of nitrogens with zero attached hydrogens (tertiary/aromatic N) is 3. The number of carbonyl (C=O) groups excluding carboxylic acids is 2. The second kappa shape index (κ2) is 9.07. The molecular formula is C22H24ClN3O5S. The van der Waals surface area contributed by atoms with Crippen LogP contribution in [0.15, 0.2) is 30.3 Å². The molecule has 0 spiro atoms. The monoisotopic (exact) mass is 477 g/mol. The Hall–Kier alpha value is -2.65. The first kappa shape index (κ1) is 22.5. The zero-order valence-electron chi connectivity index (χ0n) is 17.7. The smallest absolute Gasteiger partial charge is 0.331 e. The minimum Gasteiger partial charge on any atom is -0.452 e. The summed E-state index contributed by atoms with van der Waals surface area (Å²) in [4.78, 5) is 26.4. The molecule has 1 aromatic heterocycles. The summed E-state index contributed by atoms with van der Waals surface area (Å²) in [6.45, 7) is 1.96. The lowest BCUT2D eigenvalue weighted by atomic mass is 10.0. The van der Waals surface area contributed by atoms with Crippen LogP contribution in [0.3, 0.4) is 0 Å². The number of ether oxygens (including phenoxy) is 1. The van der Waals surface area contributed by atoms with E-state index in [-0.39, 0.29) is 35.2 Å². The summed E-state index contributed by atoms with van der Waals surface area (Å²) in [5, 5.41) is 4.62. The highest BCUT2D eigenvalue weighted by Gasteiger charge is 2.31. The summed E-state index contributed by atoms with van der Waals surface area (Å²) in [5.74, 6) is -0.834. The molecule has 170 valence electrons. The molecule has 3 heterocycles. The molecule has 0 N–H and O–H groups in total. The van der Waals surface area contributed by atoms with Crippen LogP contribution in [0.25, 0.3) is 6.08 Å². The first-order chi connectivity index (χ1) is 15.2. The van der Waals surface area contributed by atoms with E-state index in [0.717, 1.165) is 24.1 Å². The average Bonchev–Trinajstić information content (AvgIpc) is 3.27. The molecule has 1 saturated heterocycles. The van der Waals surface area contributed by atoms with Crippen molar-refractivity contribution < 1.29 is 22.7 Å². The topological polar surface area (TPSA) is 98.6 Å². The van der Waals surface area contributed by atoms with Gasteiger partial charge in [0.1, 0.15) is 5.15 Å². The van der Waals surface area contributed by atoms with Gasteiger partial charge in [-0.25, -0.2) is 17.9 Å². The third kappa shape index (κ3) is 4.73. The van der Waals surface area contributed by atoms with E-state index in [4.69, 9.17) is 16.3 Å². The Balaban J connectivity index is 1.38. The summed E-state index contributed by atoms with van der Waals surface area (Å²) in [6.07, 6.45) is 4.91. The molecule has 4 rings (SSSR count). The molecule has 1 amide bonds. The largest absolute Gasteiger partial charge is 0.452 e. The minimum atomic E-state index is -3.08. The number of hydrogen-bond acceptors (Lipinski definition) is 6. The van der Waals surface area contributed by atoms with E-state index in [1.165, 1.54) is 16.8 Å². The van der Waals surface area contributed by atoms with E-state index in [1.54, 1.807) is 11.8 Å². The third-order valence-electron chi connectivity index (χ3n) is 5.76. The molecule has 32 heavy (non-hydrogen) atoms. The number of rotatable bonds is 5. The van der Waals surface area contributed by atoms with E-state index in [9.17, 15) is 18.0 Å². The lowest BCUT2D eigenvalue weighted by Gasteiger charge is -2.29. The Morgan fingerprint density at radius 1 is 1.31 bits per heavy atom. The Kier molecular flexibility index (Phi) is 6.39. The van der Waals surface area contributed by atoms with Gasteiger partial charge in [0.05, 0.1) is 23.2 Å². The highest BCUT2D eigenvalue weighted by Crippen LogP contribution is 2.30. The zero-order chi connectivity index (χ0) is 22.9. The third-order valence-corrected chi connectivity index (χ3v) is 7.89. The van der Waals surface area contributed by atoms with Crippen molar-refractivity contribution in [3.63, 3.8) is 0 Å². The Labute approximate surface area is 191 Å². The van der Waals surface area contributed by atoms with Crippen molar-refractivity contribution in [3.8, 4) is 0 Å². The fourth-order valence-electron chi connectivity index (χ4n) is 4.13. The van der Waals surface area contributed by atoms with E-state index in [2.05, 4.69) is 5.10 Å². The van der Waals surface area contributed by atoms with Gasteiger partial charge < -0.3 is 9.64 Å². The molecule has 1 atom stereocenters. The van der Waals surface area contributed by atoms with Crippen molar-refractivity contribution in [2.24, 2.45) is 0 Å². The fraction of sp³-hybridized carbons (Fsp3) is 0.409. The summed E-state index contributed by atoms with van der Waals surface area (Å²) >= 11 is 6.40. The number of aryl methyl sites for hydroxylation is 2.